The normalized spacial score (nSPS) is 23.6. The number of rotatable bonds is 2. The molecule has 106 valence electrons. The van der Waals surface area contributed by atoms with Crippen molar-refractivity contribution in [2.75, 3.05) is 6.61 Å². The van der Waals surface area contributed by atoms with E-state index in [9.17, 15) is 4.79 Å². The van der Waals surface area contributed by atoms with Crippen molar-refractivity contribution >= 4 is 17.7 Å². The molecule has 1 saturated carbocycles. The van der Waals surface area contributed by atoms with Crippen LogP contribution in [0.2, 0.25) is 0 Å². The number of benzene rings is 1. The molecule has 0 spiro atoms. The Morgan fingerprint density at radius 3 is 3.00 bits per heavy atom. The number of carbonyl (C=O) groups excluding carboxylic acids is 1. The molecular weight excluding hydrogens is 256 g/mol. The first-order valence-corrected chi connectivity index (χ1v) is 7.01. The van der Waals surface area contributed by atoms with Gasteiger partial charge in [0.1, 0.15) is 11.6 Å². The van der Waals surface area contributed by atoms with E-state index in [1.54, 1.807) is 19.1 Å². The van der Waals surface area contributed by atoms with Crippen molar-refractivity contribution in [3.05, 3.63) is 23.8 Å². The van der Waals surface area contributed by atoms with Gasteiger partial charge in [-0.05, 0) is 37.3 Å². The third-order valence-electron chi connectivity index (χ3n) is 4.01. The number of hydrogen-bond donors (Lipinski definition) is 1. The van der Waals surface area contributed by atoms with Crippen LogP contribution in [0.15, 0.2) is 23.2 Å². The van der Waals surface area contributed by atoms with Crippen LogP contribution in [0.5, 0.6) is 5.75 Å². The van der Waals surface area contributed by atoms with Crippen molar-refractivity contribution in [1.29, 1.82) is 0 Å². The van der Waals surface area contributed by atoms with E-state index in [1.807, 2.05) is 6.07 Å². The van der Waals surface area contributed by atoms with Crippen LogP contribution < -0.4 is 10.5 Å². The first-order chi connectivity index (χ1) is 9.69. The lowest BCUT2D eigenvalue weighted by Gasteiger charge is -2.26. The summed E-state index contributed by atoms with van der Waals surface area (Å²) in [5.74, 6) is 1.97. The number of ether oxygens (including phenoxy) is 2. The predicted octanol–water partition coefficient (Wildman–Crippen LogP) is 3.11. The van der Waals surface area contributed by atoms with Crippen molar-refractivity contribution in [3.8, 4) is 5.75 Å². The van der Waals surface area contributed by atoms with E-state index >= 15 is 0 Å². The second-order valence-corrected chi connectivity index (χ2v) is 5.19. The van der Waals surface area contributed by atoms with Crippen LogP contribution in [0.25, 0.3) is 0 Å². The highest BCUT2D eigenvalue weighted by atomic mass is 16.7. The molecule has 1 heterocycles. The summed E-state index contributed by atoms with van der Waals surface area (Å²) in [5.41, 5.74) is 8.07. The molecule has 5 nitrogen and oxygen atoms in total. The molecular formula is C15H18N2O3. The van der Waals surface area contributed by atoms with E-state index in [0.29, 0.717) is 30.0 Å². The zero-order chi connectivity index (χ0) is 14.1. The standard InChI is InChI=1S/C15H18N2O3/c1-2-19-15(18)20-9-6-7-11-10-4-3-5-12(10)14(16)17-13(11)8-9/h6-8,10,12H,2-5H2,1H3,(H2,16,17). The van der Waals surface area contributed by atoms with Crippen molar-refractivity contribution in [1.82, 2.24) is 0 Å². The second-order valence-electron chi connectivity index (χ2n) is 5.19. The Morgan fingerprint density at radius 1 is 1.40 bits per heavy atom. The highest BCUT2D eigenvalue weighted by Crippen LogP contribution is 2.47. The van der Waals surface area contributed by atoms with Gasteiger partial charge >= 0.3 is 6.16 Å². The number of hydrogen-bond acceptors (Lipinski definition) is 5. The smallest absolute Gasteiger partial charge is 0.434 e. The summed E-state index contributed by atoms with van der Waals surface area (Å²) in [4.78, 5) is 15.8. The Bertz CT molecular complexity index is 568. The molecule has 0 aromatic heterocycles. The maximum atomic E-state index is 11.3. The van der Waals surface area contributed by atoms with Crippen molar-refractivity contribution in [2.24, 2.45) is 16.6 Å². The molecule has 0 amide bonds. The van der Waals surface area contributed by atoms with E-state index in [0.717, 1.165) is 18.5 Å². The second kappa shape index (κ2) is 5.15. The zero-order valence-corrected chi connectivity index (χ0v) is 11.5. The van der Waals surface area contributed by atoms with Crippen LogP contribution in [0, 0.1) is 5.92 Å². The highest BCUT2D eigenvalue weighted by Gasteiger charge is 2.35. The molecule has 1 fully saturated rings. The Kier molecular flexibility index (Phi) is 3.34. The molecule has 2 N–H and O–H groups in total. The van der Waals surface area contributed by atoms with Gasteiger partial charge in [0.2, 0.25) is 0 Å². The van der Waals surface area contributed by atoms with Crippen molar-refractivity contribution in [2.45, 2.75) is 32.1 Å². The average molecular weight is 274 g/mol. The Morgan fingerprint density at radius 2 is 2.20 bits per heavy atom. The summed E-state index contributed by atoms with van der Waals surface area (Å²) < 4.78 is 9.85. The molecule has 2 atom stereocenters. The first-order valence-electron chi connectivity index (χ1n) is 7.01. The fourth-order valence-corrected chi connectivity index (χ4v) is 3.15. The summed E-state index contributed by atoms with van der Waals surface area (Å²) in [7, 11) is 0. The maximum Gasteiger partial charge on any atom is 0.513 e. The SMILES string of the molecule is CCOC(=O)Oc1ccc2c(c1)N=C(N)C1CCCC21. The van der Waals surface area contributed by atoms with E-state index in [4.69, 9.17) is 15.2 Å². The molecule has 1 aromatic carbocycles. The number of amidine groups is 1. The van der Waals surface area contributed by atoms with Crippen LogP contribution in [0.1, 0.15) is 37.7 Å². The van der Waals surface area contributed by atoms with Gasteiger partial charge in [-0.25, -0.2) is 9.79 Å². The Labute approximate surface area is 117 Å². The number of nitrogens with zero attached hydrogens (tertiary/aromatic N) is 1. The molecule has 0 saturated heterocycles. The Hall–Kier alpha value is -2.04. The largest absolute Gasteiger partial charge is 0.513 e. The van der Waals surface area contributed by atoms with Gasteiger partial charge in [0.25, 0.3) is 0 Å². The summed E-state index contributed by atoms with van der Waals surface area (Å²) in [6, 6.07) is 5.54. The minimum absolute atomic E-state index is 0.290. The molecule has 5 heteroatoms. The molecule has 2 aliphatic rings. The first kappa shape index (κ1) is 13.0. The quantitative estimate of drug-likeness (QED) is 0.664. The van der Waals surface area contributed by atoms with Crippen molar-refractivity contribution in [3.63, 3.8) is 0 Å². The van der Waals surface area contributed by atoms with Crippen LogP contribution in [-0.2, 0) is 4.74 Å². The summed E-state index contributed by atoms with van der Waals surface area (Å²) in [6.07, 6.45) is 2.75. The fourth-order valence-electron chi connectivity index (χ4n) is 3.15. The van der Waals surface area contributed by atoms with Gasteiger partial charge in [-0.15, -0.1) is 0 Å². The molecule has 1 aliphatic carbocycles. The topological polar surface area (TPSA) is 73.9 Å². The molecule has 1 aliphatic heterocycles. The predicted molar refractivity (Wildman–Crippen MR) is 75.5 cm³/mol. The summed E-state index contributed by atoms with van der Waals surface area (Å²) in [6.45, 7) is 2.03. The molecule has 3 rings (SSSR count). The van der Waals surface area contributed by atoms with Crippen LogP contribution in [0.4, 0.5) is 10.5 Å². The molecule has 20 heavy (non-hydrogen) atoms. The summed E-state index contributed by atoms with van der Waals surface area (Å²) in [5, 5.41) is 0. The highest BCUT2D eigenvalue weighted by molar-refractivity contribution is 5.89. The monoisotopic (exact) mass is 274 g/mol. The van der Waals surface area contributed by atoms with Crippen LogP contribution >= 0.6 is 0 Å². The molecule has 2 unspecified atom stereocenters. The van der Waals surface area contributed by atoms with Crippen molar-refractivity contribution < 1.29 is 14.3 Å². The van der Waals surface area contributed by atoms with Crippen LogP contribution in [0.3, 0.4) is 0 Å². The molecule has 0 radical (unpaired) electrons. The Balaban J connectivity index is 1.87. The van der Waals surface area contributed by atoms with Gasteiger partial charge in [0.05, 0.1) is 12.3 Å². The van der Waals surface area contributed by atoms with E-state index in [2.05, 4.69) is 4.99 Å². The lowest BCUT2D eigenvalue weighted by Crippen LogP contribution is -2.28. The van der Waals surface area contributed by atoms with E-state index in [-0.39, 0.29) is 0 Å². The summed E-state index contributed by atoms with van der Waals surface area (Å²) >= 11 is 0. The van der Waals surface area contributed by atoms with Gasteiger partial charge < -0.3 is 15.2 Å². The number of carbonyl (C=O) groups is 1. The van der Waals surface area contributed by atoms with Gasteiger partial charge in [-0.1, -0.05) is 12.5 Å². The van der Waals surface area contributed by atoms with Crippen LogP contribution in [-0.4, -0.2) is 18.6 Å². The lowest BCUT2D eigenvalue weighted by atomic mass is 9.85. The number of nitrogens with two attached hydrogens (primary N) is 1. The third-order valence-corrected chi connectivity index (χ3v) is 4.01. The van der Waals surface area contributed by atoms with Gasteiger partial charge in [0, 0.05) is 12.0 Å². The zero-order valence-electron chi connectivity index (χ0n) is 11.5. The fraction of sp³-hybridized carbons (Fsp3) is 0.467. The van der Waals surface area contributed by atoms with E-state index in [1.165, 1.54) is 12.0 Å². The van der Waals surface area contributed by atoms with E-state index < -0.39 is 6.16 Å². The minimum Gasteiger partial charge on any atom is -0.434 e. The minimum atomic E-state index is -0.695. The third kappa shape index (κ3) is 2.24. The van der Waals surface area contributed by atoms with Gasteiger partial charge in [0.15, 0.2) is 0 Å². The van der Waals surface area contributed by atoms with Gasteiger partial charge in [-0.3, -0.25) is 0 Å². The molecule has 0 bridgehead atoms. The van der Waals surface area contributed by atoms with Gasteiger partial charge in [-0.2, -0.15) is 0 Å². The average Bonchev–Trinajstić information content (AvgIpc) is 2.89. The maximum absolute atomic E-state index is 11.3. The number of aliphatic imine (C=N–C) groups is 1. The molecule has 1 aromatic rings. The lowest BCUT2D eigenvalue weighted by molar-refractivity contribution is 0.104. The number of fused-ring (bicyclic) bond motifs is 3.